The van der Waals surface area contributed by atoms with E-state index in [1.807, 2.05) is 46.2 Å². The number of allylic oxidation sites excluding steroid dienone is 1. The van der Waals surface area contributed by atoms with Gasteiger partial charge in [-0.15, -0.1) is 0 Å². The van der Waals surface area contributed by atoms with Crippen LogP contribution in [0.15, 0.2) is 60.6 Å². The molecule has 1 aromatic heterocycles. The Labute approximate surface area is 188 Å². The molecule has 0 saturated carbocycles. The van der Waals surface area contributed by atoms with Gasteiger partial charge in [0.25, 0.3) is 0 Å². The summed E-state index contributed by atoms with van der Waals surface area (Å²) in [5, 5.41) is 0. The lowest BCUT2D eigenvalue weighted by atomic mass is 9.68. The van der Waals surface area contributed by atoms with Gasteiger partial charge in [0.15, 0.2) is 0 Å². The van der Waals surface area contributed by atoms with Crippen LogP contribution in [0.4, 0.5) is 5.95 Å². The van der Waals surface area contributed by atoms with E-state index in [0.29, 0.717) is 38.4 Å². The number of piperazine rings is 1. The van der Waals surface area contributed by atoms with E-state index in [0.717, 1.165) is 43.6 Å². The fourth-order valence-electron chi connectivity index (χ4n) is 5.31. The summed E-state index contributed by atoms with van der Waals surface area (Å²) >= 11 is 0. The Balaban J connectivity index is 1.35. The maximum Gasteiger partial charge on any atom is 0.234 e. The zero-order valence-electron chi connectivity index (χ0n) is 18.3. The molecular formula is C25H29N5O2. The average molecular weight is 432 g/mol. The summed E-state index contributed by atoms with van der Waals surface area (Å²) in [6, 6.07) is 11.9. The van der Waals surface area contributed by atoms with Gasteiger partial charge in [-0.1, -0.05) is 36.4 Å². The first-order valence-electron chi connectivity index (χ1n) is 11.5. The Morgan fingerprint density at radius 1 is 0.969 bits per heavy atom. The second-order valence-electron chi connectivity index (χ2n) is 8.86. The monoisotopic (exact) mass is 431 g/mol. The van der Waals surface area contributed by atoms with E-state index in [1.165, 1.54) is 0 Å². The number of piperidine rings is 1. The highest BCUT2D eigenvalue weighted by Gasteiger charge is 2.51. The van der Waals surface area contributed by atoms with Crippen LogP contribution in [0.2, 0.25) is 0 Å². The van der Waals surface area contributed by atoms with Gasteiger partial charge in [0.1, 0.15) is 0 Å². The van der Waals surface area contributed by atoms with E-state index >= 15 is 0 Å². The molecule has 1 atom stereocenters. The van der Waals surface area contributed by atoms with Crippen LogP contribution in [-0.4, -0.2) is 57.8 Å². The molecule has 0 spiro atoms. The normalized spacial score (nSPS) is 23.6. The molecule has 1 aromatic carbocycles. The molecule has 2 aliphatic heterocycles. The molecule has 7 heteroatoms. The molecule has 3 aliphatic rings. The van der Waals surface area contributed by atoms with Crippen molar-refractivity contribution in [2.75, 3.05) is 31.1 Å². The van der Waals surface area contributed by atoms with Crippen LogP contribution in [0.5, 0.6) is 0 Å². The van der Waals surface area contributed by atoms with Gasteiger partial charge >= 0.3 is 0 Å². The third-order valence-electron chi connectivity index (χ3n) is 6.99. The van der Waals surface area contributed by atoms with E-state index < -0.39 is 5.41 Å². The fourth-order valence-corrected chi connectivity index (χ4v) is 5.31. The Bertz CT molecular complexity index is 1000. The Kier molecular flexibility index (Phi) is 5.64. The second kappa shape index (κ2) is 8.73. The van der Waals surface area contributed by atoms with E-state index in [4.69, 9.17) is 0 Å². The predicted octanol–water partition coefficient (Wildman–Crippen LogP) is 3.00. The quantitative estimate of drug-likeness (QED) is 0.744. The number of amides is 2. The van der Waals surface area contributed by atoms with E-state index in [9.17, 15) is 9.59 Å². The Morgan fingerprint density at radius 3 is 2.47 bits per heavy atom. The largest absolute Gasteiger partial charge is 0.338 e. The molecule has 5 rings (SSSR count). The van der Waals surface area contributed by atoms with Crippen molar-refractivity contribution < 1.29 is 9.59 Å². The highest BCUT2D eigenvalue weighted by Crippen LogP contribution is 2.48. The summed E-state index contributed by atoms with van der Waals surface area (Å²) < 4.78 is 0. The summed E-state index contributed by atoms with van der Waals surface area (Å²) in [5.74, 6) is 1.02. The summed E-state index contributed by atoms with van der Waals surface area (Å²) in [6.07, 6.45) is 9.41. The smallest absolute Gasteiger partial charge is 0.234 e. The van der Waals surface area contributed by atoms with Crippen molar-refractivity contribution in [1.29, 1.82) is 0 Å². The van der Waals surface area contributed by atoms with Gasteiger partial charge in [0.05, 0.1) is 12.0 Å². The molecule has 1 aliphatic carbocycles. The topological polar surface area (TPSA) is 69.6 Å². The first kappa shape index (κ1) is 20.7. The standard InChI is InChI=1S/C25H29N5O2/c31-22-10-12-25(11-5-4-9-21(25)30(22)19-20-7-2-1-3-8-20)23(32)28-15-17-29(18-16-28)24-26-13-6-14-27-24/h1-3,6-9,13-14H,4-5,10-12,15-19H2. The molecule has 0 bridgehead atoms. The average Bonchev–Trinajstić information content (AvgIpc) is 2.87. The molecule has 0 radical (unpaired) electrons. The second-order valence-corrected chi connectivity index (χ2v) is 8.86. The third-order valence-corrected chi connectivity index (χ3v) is 6.99. The molecule has 3 heterocycles. The van der Waals surface area contributed by atoms with Crippen LogP contribution in [0.25, 0.3) is 0 Å². The van der Waals surface area contributed by atoms with Crippen molar-refractivity contribution in [2.24, 2.45) is 5.41 Å². The van der Waals surface area contributed by atoms with Gasteiger partial charge in [-0.2, -0.15) is 0 Å². The van der Waals surface area contributed by atoms with E-state index in [2.05, 4.69) is 20.9 Å². The first-order valence-corrected chi connectivity index (χ1v) is 11.5. The molecule has 2 saturated heterocycles. The summed E-state index contributed by atoms with van der Waals surface area (Å²) in [7, 11) is 0. The van der Waals surface area contributed by atoms with Crippen molar-refractivity contribution in [3.05, 3.63) is 66.1 Å². The van der Waals surface area contributed by atoms with Gasteiger partial charge in [0.2, 0.25) is 17.8 Å². The molecule has 166 valence electrons. The summed E-state index contributed by atoms with van der Waals surface area (Å²) in [5.41, 5.74) is 1.45. The zero-order chi connectivity index (χ0) is 22.0. The highest BCUT2D eigenvalue weighted by atomic mass is 16.2. The van der Waals surface area contributed by atoms with Crippen molar-refractivity contribution in [3.8, 4) is 0 Å². The molecule has 2 amide bonds. The van der Waals surface area contributed by atoms with Crippen molar-refractivity contribution >= 4 is 17.8 Å². The molecule has 0 N–H and O–H groups in total. The van der Waals surface area contributed by atoms with Crippen LogP contribution in [0.1, 0.15) is 37.7 Å². The number of likely N-dealkylation sites (tertiary alicyclic amines) is 1. The Hall–Kier alpha value is -3.22. The molecule has 32 heavy (non-hydrogen) atoms. The van der Waals surface area contributed by atoms with Gasteiger partial charge in [-0.25, -0.2) is 9.97 Å². The van der Waals surface area contributed by atoms with Gasteiger partial charge in [-0.05, 0) is 37.3 Å². The number of anilines is 1. The number of hydrogen-bond donors (Lipinski definition) is 0. The number of rotatable bonds is 4. The highest BCUT2D eigenvalue weighted by molar-refractivity contribution is 5.91. The van der Waals surface area contributed by atoms with Crippen molar-refractivity contribution in [3.63, 3.8) is 0 Å². The number of carbonyl (C=O) groups excluding carboxylic acids is 2. The first-order chi connectivity index (χ1) is 15.7. The predicted molar refractivity (Wildman–Crippen MR) is 121 cm³/mol. The Morgan fingerprint density at radius 2 is 1.72 bits per heavy atom. The van der Waals surface area contributed by atoms with Crippen LogP contribution in [0, 0.1) is 5.41 Å². The maximum absolute atomic E-state index is 14.0. The third kappa shape index (κ3) is 3.76. The molecular weight excluding hydrogens is 402 g/mol. The number of nitrogens with zero attached hydrogens (tertiary/aromatic N) is 5. The summed E-state index contributed by atoms with van der Waals surface area (Å²) in [6.45, 7) is 3.27. The van der Waals surface area contributed by atoms with Gasteiger partial charge < -0.3 is 14.7 Å². The summed E-state index contributed by atoms with van der Waals surface area (Å²) in [4.78, 5) is 41.6. The van der Waals surface area contributed by atoms with Crippen LogP contribution in [0.3, 0.4) is 0 Å². The van der Waals surface area contributed by atoms with E-state index in [-0.39, 0.29) is 11.8 Å². The van der Waals surface area contributed by atoms with Crippen LogP contribution in [-0.2, 0) is 16.1 Å². The number of benzene rings is 1. The molecule has 2 aromatic rings. The van der Waals surface area contributed by atoms with Crippen molar-refractivity contribution in [2.45, 2.75) is 38.6 Å². The minimum Gasteiger partial charge on any atom is -0.338 e. The molecule has 1 unspecified atom stereocenters. The molecule has 7 nitrogen and oxygen atoms in total. The number of hydrogen-bond acceptors (Lipinski definition) is 5. The fraction of sp³-hybridized carbons (Fsp3) is 0.440. The van der Waals surface area contributed by atoms with Crippen molar-refractivity contribution in [1.82, 2.24) is 19.8 Å². The lowest BCUT2D eigenvalue weighted by Gasteiger charge is -2.49. The number of fused-ring (bicyclic) bond motifs is 1. The van der Waals surface area contributed by atoms with Crippen LogP contribution < -0.4 is 4.90 Å². The zero-order valence-corrected chi connectivity index (χ0v) is 18.3. The van der Waals surface area contributed by atoms with Gasteiger partial charge in [-0.3, -0.25) is 9.59 Å². The maximum atomic E-state index is 14.0. The lowest BCUT2D eigenvalue weighted by molar-refractivity contribution is -0.148. The van der Waals surface area contributed by atoms with E-state index in [1.54, 1.807) is 12.4 Å². The minimum atomic E-state index is -0.577. The minimum absolute atomic E-state index is 0.122. The molecule has 2 fully saturated rings. The van der Waals surface area contributed by atoms with Crippen LogP contribution >= 0.6 is 0 Å². The lowest BCUT2D eigenvalue weighted by Crippen LogP contribution is -2.57. The van der Waals surface area contributed by atoms with Gasteiger partial charge in [0, 0.05) is 50.7 Å². The SMILES string of the molecule is O=C1CCC2(C(=O)N3CCN(c4ncccn4)CC3)CCCC=C2N1Cc1ccccc1. The number of aromatic nitrogens is 2. The number of carbonyl (C=O) groups is 2.